The van der Waals surface area contributed by atoms with Gasteiger partial charge in [-0.05, 0) is 28.9 Å². The molecule has 2 rings (SSSR count). The lowest BCUT2D eigenvalue weighted by Gasteiger charge is -2.22. The second-order valence-electron chi connectivity index (χ2n) is 4.62. The smallest absolute Gasteiger partial charge is 0.159 e. The second-order valence-corrected chi connectivity index (χ2v) is 5.47. The number of hydrogen-bond donors (Lipinski definition) is 1. The molecule has 1 saturated heterocycles. The van der Waals surface area contributed by atoms with Crippen LogP contribution < -0.4 is 5.32 Å². The molecule has 19 heavy (non-hydrogen) atoms. The Kier molecular flexibility index (Phi) is 5.81. The zero-order valence-electron chi connectivity index (χ0n) is 11.6. The number of halogens is 1. The molecule has 0 amide bonds. The summed E-state index contributed by atoms with van der Waals surface area (Å²) in [6, 6.07) is 0.191. The van der Waals surface area contributed by atoms with Gasteiger partial charge in [-0.25, -0.2) is 0 Å². The summed E-state index contributed by atoms with van der Waals surface area (Å²) in [4.78, 5) is 0. The summed E-state index contributed by atoms with van der Waals surface area (Å²) in [5.41, 5.74) is 1.18. The Morgan fingerprint density at radius 2 is 2.21 bits per heavy atom. The van der Waals surface area contributed by atoms with Gasteiger partial charge in [0.05, 0.1) is 35.6 Å². The average molecular weight is 332 g/mol. The van der Waals surface area contributed by atoms with Crippen molar-refractivity contribution in [2.75, 3.05) is 19.8 Å². The van der Waals surface area contributed by atoms with Gasteiger partial charge in [-0.1, -0.05) is 13.8 Å². The average Bonchev–Trinajstić information content (AvgIpc) is 3.00. The number of nitrogens with one attached hydrogen (secondary N) is 1. The lowest BCUT2D eigenvalue weighted by molar-refractivity contribution is -0.0534. The highest BCUT2D eigenvalue weighted by Crippen LogP contribution is 2.28. The minimum Gasteiger partial charge on any atom is -0.350 e. The highest BCUT2D eigenvalue weighted by atomic mass is 79.9. The minimum atomic E-state index is -0.110. The Balaban J connectivity index is 2.14. The van der Waals surface area contributed by atoms with Crippen molar-refractivity contribution in [1.29, 1.82) is 0 Å². The van der Waals surface area contributed by atoms with E-state index in [-0.39, 0.29) is 12.3 Å². The van der Waals surface area contributed by atoms with E-state index in [4.69, 9.17) is 9.47 Å². The van der Waals surface area contributed by atoms with E-state index < -0.39 is 0 Å². The molecule has 5 nitrogen and oxygen atoms in total. The summed E-state index contributed by atoms with van der Waals surface area (Å²) in [7, 11) is 0. The molecule has 1 aliphatic heterocycles. The third-order valence-electron chi connectivity index (χ3n) is 3.17. The molecular weight excluding hydrogens is 310 g/mol. The largest absolute Gasteiger partial charge is 0.350 e. The van der Waals surface area contributed by atoms with Crippen molar-refractivity contribution in [3.05, 3.63) is 16.4 Å². The van der Waals surface area contributed by atoms with Gasteiger partial charge in [-0.15, -0.1) is 0 Å². The fraction of sp³-hybridized carbons (Fsp3) is 0.769. The van der Waals surface area contributed by atoms with E-state index in [1.54, 1.807) is 0 Å². The fourth-order valence-electron chi connectivity index (χ4n) is 2.38. The zero-order valence-corrected chi connectivity index (χ0v) is 13.1. The molecule has 0 bridgehead atoms. The molecule has 1 aromatic rings. The molecule has 1 N–H and O–H groups in total. The van der Waals surface area contributed by atoms with Crippen LogP contribution >= 0.6 is 15.9 Å². The van der Waals surface area contributed by atoms with Crippen molar-refractivity contribution in [3.63, 3.8) is 0 Å². The maximum Gasteiger partial charge on any atom is 0.159 e. The van der Waals surface area contributed by atoms with E-state index in [1.807, 2.05) is 6.20 Å². The third kappa shape index (κ3) is 3.78. The lowest BCUT2D eigenvalue weighted by Crippen LogP contribution is -2.28. The van der Waals surface area contributed by atoms with Gasteiger partial charge < -0.3 is 14.8 Å². The van der Waals surface area contributed by atoms with E-state index in [9.17, 15) is 0 Å². The van der Waals surface area contributed by atoms with Gasteiger partial charge in [-0.2, -0.15) is 5.10 Å². The Morgan fingerprint density at radius 3 is 2.84 bits per heavy atom. The summed E-state index contributed by atoms with van der Waals surface area (Å²) in [6.07, 6.45) is 3.63. The van der Waals surface area contributed by atoms with Crippen molar-refractivity contribution in [2.45, 2.75) is 45.6 Å². The number of hydrogen-bond acceptors (Lipinski definition) is 4. The van der Waals surface area contributed by atoms with E-state index in [0.717, 1.165) is 30.4 Å². The number of aromatic nitrogens is 2. The van der Waals surface area contributed by atoms with Crippen LogP contribution in [0.2, 0.25) is 0 Å². The van der Waals surface area contributed by atoms with Crippen molar-refractivity contribution in [1.82, 2.24) is 15.1 Å². The first-order chi connectivity index (χ1) is 9.26. The van der Waals surface area contributed by atoms with Crippen LogP contribution in [-0.4, -0.2) is 35.8 Å². The molecule has 0 aromatic carbocycles. The molecule has 1 aliphatic rings. The molecule has 0 radical (unpaired) electrons. The van der Waals surface area contributed by atoms with Crippen LogP contribution in [0.5, 0.6) is 0 Å². The zero-order chi connectivity index (χ0) is 13.7. The number of nitrogens with zero attached hydrogens (tertiary/aromatic N) is 2. The minimum absolute atomic E-state index is 0.110. The van der Waals surface area contributed by atoms with Gasteiger partial charge in [0, 0.05) is 13.0 Å². The van der Waals surface area contributed by atoms with Crippen molar-refractivity contribution >= 4 is 15.9 Å². The van der Waals surface area contributed by atoms with Gasteiger partial charge in [0.15, 0.2) is 6.29 Å². The SMILES string of the molecule is CCCn1ncc(Br)c1C(CC1OCCO1)NCC. The van der Waals surface area contributed by atoms with Crippen molar-refractivity contribution < 1.29 is 9.47 Å². The third-order valence-corrected chi connectivity index (χ3v) is 3.78. The highest BCUT2D eigenvalue weighted by Gasteiger charge is 2.26. The van der Waals surface area contributed by atoms with Gasteiger partial charge in [0.1, 0.15) is 0 Å². The molecule has 108 valence electrons. The maximum atomic E-state index is 5.56. The Hall–Kier alpha value is -0.430. The molecule has 1 fully saturated rings. The molecule has 0 spiro atoms. The van der Waals surface area contributed by atoms with Crippen LogP contribution in [0.3, 0.4) is 0 Å². The van der Waals surface area contributed by atoms with Gasteiger partial charge >= 0.3 is 0 Å². The second kappa shape index (κ2) is 7.38. The quantitative estimate of drug-likeness (QED) is 0.833. The fourth-order valence-corrected chi connectivity index (χ4v) is 2.95. The Bertz CT molecular complexity index is 391. The summed E-state index contributed by atoms with van der Waals surface area (Å²) in [6.45, 7) is 7.48. The molecule has 1 atom stereocenters. The predicted octanol–water partition coefficient (Wildman–Crippen LogP) is 2.47. The van der Waals surface area contributed by atoms with Gasteiger partial charge in [0.25, 0.3) is 0 Å². The number of ether oxygens (including phenoxy) is 2. The van der Waals surface area contributed by atoms with E-state index in [1.165, 1.54) is 5.69 Å². The van der Waals surface area contributed by atoms with Crippen LogP contribution in [0.1, 0.15) is 38.4 Å². The van der Waals surface area contributed by atoms with Crippen LogP contribution in [0.4, 0.5) is 0 Å². The van der Waals surface area contributed by atoms with Crippen LogP contribution in [0.15, 0.2) is 10.7 Å². The maximum absolute atomic E-state index is 5.56. The first kappa shape index (κ1) is 15.0. The first-order valence-electron chi connectivity index (χ1n) is 6.94. The summed E-state index contributed by atoms with van der Waals surface area (Å²) in [5.74, 6) is 0. The number of aryl methyl sites for hydroxylation is 1. The van der Waals surface area contributed by atoms with Gasteiger partial charge in [-0.3, -0.25) is 4.68 Å². The van der Waals surface area contributed by atoms with Crippen LogP contribution in [0, 0.1) is 0 Å². The van der Waals surface area contributed by atoms with Crippen LogP contribution in [-0.2, 0) is 16.0 Å². The molecular formula is C13H22BrN3O2. The van der Waals surface area contributed by atoms with E-state index in [0.29, 0.717) is 13.2 Å². The number of rotatable bonds is 7. The Labute approximate surface area is 122 Å². The predicted molar refractivity (Wildman–Crippen MR) is 76.9 cm³/mol. The highest BCUT2D eigenvalue weighted by molar-refractivity contribution is 9.10. The standard InChI is InChI=1S/C13H22BrN3O2/c1-3-5-17-13(10(14)9-16-17)11(15-4-2)8-12-18-6-7-19-12/h9,11-12,15H,3-8H2,1-2H3. The van der Waals surface area contributed by atoms with E-state index in [2.05, 4.69) is 44.9 Å². The van der Waals surface area contributed by atoms with Gasteiger partial charge in [0.2, 0.25) is 0 Å². The topological polar surface area (TPSA) is 48.3 Å². The monoisotopic (exact) mass is 331 g/mol. The molecule has 0 aliphatic carbocycles. The molecule has 1 aromatic heterocycles. The summed E-state index contributed by atoms with van der Waals surface area (Å²) >= 11 is 3.60. The van der Waals surface area contributed by atoms with Crippen molar-refractivity contribution in [2.24, 2.45) is 0 Å². The molecule has 2 heterocycles. The first-order valence-corrected chi connectivity index (χ1v) is 7.73. The van der Waals surface area contributed by atoms with E-state index >= 15 is 0 Å². The van der Waals surface area contributed by atoms with Crippen LogP contribution in [0.25, 0.3) is 0 Å². The molecule has 0 saturated carbocycles. The molecule has 1 unspecified atom stereocenters. The normalized spacial score (nSPS) is 18.1. The Morgan fingerprint density at radius 1 is 1.47 bits per heavy atom. The summed E-state index contributed by atoms with van der Waals surface area (Å²) < 4.78 is 14.2. The van der Waals surface area contributed by atoms with Crippen molar-refractivity contribution in [3.8, 4) is 0 Å². The molecule has 6 heteroatoms. The summed E-state index contributed by atoms with van der Waals surface area (Å²) in [5, 5.41) is 7.93. The lowest BCUT2D eigenvalue weighted by atomic mass is 10.1.